The first-order valence-corrected chi connectivity index (χ1v) is 5.75. The predicted molar refractivity (Wildman–Crippen MR) is 69.4 cm³/mol. The highest BCUT2D eigenvalue weighted by Gasteiger charge is 2.06. The summed E-state index contributed by atoms with van der Waals surface area (Å²) in [6.07, 6.45) is 4.88. The fourth-order valence-electron chi connectivity index (χ4n) is 1.32. The number of imidazole rings is 1. The van der Waals surface area contributed by atoms with Gasteiger partial charge in [-0.15, -0.1) is 0 Å². The summed E-state index contributed by atoms with van der Waals surface area (Å²) in [5.74, 6) is -0.277. The standard InChI is InChI=1S/C11H11BrN4O/c1-15(2)7-14-11(17)8-3-4-10-13-5-9(12)16(10)6-8/h3-7H,1-2H3. The van der Waals surface area contributed by atoms with Crippen LogP contribution in [-0.2, 0) is 0 Å². The number of halogens is 1. The molecule has 0 unspecified atom stereocenters. The van der Waals surface area contributed by atoms with Crippen molar-refractivity contribution < 1.29 is 4.79 Å². The van der Waals surface area contributed by atoms with Crippen LogP contribution in [0.1, 0.15) is 10.4 Å². The van der Waals surface area contributed by atoms with Gasteiger partial charge in [-0.3, -0.25) is 9.20 Å². The molecule has 0 aliphatic heterocycles. The van der Waals surface area contributed by atoms with Crippen LogP contribution in [0.2, 0.25) is 0 Å². The zero-order valence-electron chi connectivity index (χ0n) is 9.46. The van der Waals surface area contributed by atoms with Gasteiger partial charge in [-0.25, -0.2) is 4.98 Å². The lowest BCUT2D eigenvalue weighted by molar-refractivity contribution is 0.100. The summed E-state index contributed by atoms with van der Waals surface area (Å²) >= 11 is 3.35. The maximum Gasteiger partial charge on any atom is 0.279 e. The number of carbonyl (C=O) groups excluding carboxylic acids is 1. The van der Waals surface area contributed by atoms with Gasteiger partial charge in [-0.2, -0.15) is 4.99 Å². The molecular weight excluding hydrogens is 284 g/mol. The van der Waals surface area contributed by atoms with Crippen molar-refractivity contribution in [1.82, 2.24) is 14.3 Å². The normalized spacial score (nSPS) is 11.2. The second-order valence-corrected chi connectivity index (χ2v) is 4.55. The Kier molecular flexibility index (Phi) is 3.23. The Hall–Kier alpha value is -1.69. The van der Waals surface area contributed by atoms with Crippen LogP contribution in [0.3, 0.4) is 0 Å². The van der Waals surface area contributed by atoms with E-state index in [-0.39, 0.29) is 5.91 Å². The van der Waals surface area contributed by atoms with Crippen LogP contribution in [0.4, 0.5) is 0 Å². The zero-order valence-corrected chi connectivity index (χ0v) is 11.0. The van der Waals surface area contributed by atoms with Crippen LogP contribution < -0.4 is 0 Å². The van der Waals surface area contributed by atoms with E-state index >= 15 is 0 Å². The Balaban J connectivity index is 2.36. The van der Waals surface area contributed by atoms with Crippen molar-refractivity contribution in [2.75, 3.05) is 14.1 Å². The molecule has 0 fully saturated rings. The van der Waals surface area contributed by atoms with Gasteiger partial charge in [-0.1, -0.05) is 0 Å². The maximum atomic E-state index is 11.8. The number of aromatic nitrogens is 2. The molecule has 0 aliphatic carbocycles. The lowest BCUT2D eigenvalue weighted by atomic mass is 10.3. The highest BCUT2D eigenvalue weighted by molar-refractivity contribution is 9.10. The molecule has 0 aromatic carbocycles. The van der Waals surface area contributed by atoms with Crippen LogP contribution in [0, 0.1) is 0 Å². The largest absolute Gasteiger partial charge is 0.369 e. The molecule has 0 N–H and O–H groups in total. The first-order valence-electron chi connectivity index (χ1n) is 4.95. The van der Waals surface area contributed by atoms with Crippen molar-refractivity contribution in [3.8, 4) is 0 Å². The number of rotatable bonds is 2. The molecule has 2 rings (SSSR count). The van der Waals surface area contributed by atoms with E-state index in [2.05, 4.69) is 25.9 Å². The minimum atomic E-state index is -0.277. The number of aliphatic imine (C=N–C) groups is 1. The van der Waals surface area contributed by atoms with Gasteiger partial charge in [0.05, 0.1) is 18.1 Å². The molecule has 2 heterocycles. The summed E-state index contributed by atoms with van der Waals surface area (Å²) in [6, 6.07) is 3.49. The van der Waals surface area contributed by atoms with Gasteiger partial charge in [0, 0.05) is 20.3 Å². The molecule has 5 nitrogen and oxygen atoms in total. The predicted octanol–water partition coefficient (Wildman–Crippen LogP) is 1.83. The highest BCUT2D eigenvalue weighted by atomic mass is 79.9. The van der Waals surface area contributed by atoms with E-state index in [9.17, 15) is 4.79 Å². The molecule has 2 aromatic heterocycles. The number of amides is 1. The first-order chi connectivity index (χ1) is 8.08. The van der Waals surface area contributed by atoms with Crippen molar-refractivity contribution >= 4 is 33.8 Å². The molecule has 6 heteroatoms. The molecule has 0 saturated heterocycles. The SMILES string of the molecule is CN(C)C=NC(=O)c1ccc2ncc(Br)n2c1. The summed E-state index contributed by atoms with van der Waals surface area (Å²) in [7, 11) is 3.62. The van der Waals surface area contributed by atoms with Crippen molar-refractivity contribution in [2.45, 2.75) is 0 Å². The van der Waals surface area contributed by atoms with E-state index in [0.717, 1.165) is 10.3 Å². The quantitative estimate of drug-likeness (QED) is 0.627. The Labute approximate surface area is 107 Å². The Bertz CT molecular complexity index is 588. The van der Waals surface area contributed by atoms with Gasteiger partial charge >= 0.3 is 0 Å². The van der Waals surface area contributed by atoms with Crippen LogP contribution in [0.15, 0.2) is 34.1 Å². The summed E-state index contributed by atoms with van der Waals surface area (Å²) in [5, 5.41) is 0. The number of fused-ring (bicyclic) bond motifs is 1. The Morgan fingerprint density at radius 2 is 2.29 bits per heavy atom. The first kappa shape index (κ1) is 11.8. The molecular formula is C11H11BrN4O. The average molecular weight is 295 g/mol. The monoisotopic (exact) mass is 294 g/mol. The third-order valence-corrected chi connectivity index (χ3v) is 2.70. The van der Waals surface area contributed by atoms with E-state index < -0.39 is 0 Å². The highest BCUT2D eigenvalue weighted by Crippen LogP contribution is 2.14. The zero-order chi connectivity index (χ0) is 12.4. The fourth-order valence-corrected chi connectivity index (χ4v) is 1.71. The Morgan fingerprint density at radius 3 is 3.00 bits per heavy atom. The van der Waals surface area contributed by atoms with Crippen LogP contribution in [0.5, 0.6) is 0 Å². The van der Waals surface area contributed by atoms with Gasteiger partial charge in [0.15, 0.2) is 0 Å². The summed E-state index contributed by atoms with van der Waals surface area (Å²) in [4.78, 5) is 21.4. The van der Waals surface area contributed by atoms with Crippen molar-refractivity contribution in [3.63, 3.8) is 0 Å². The minimum absolute atomic E-state index is 0.277. The third-order valence-electron chi connectivity index (χ3n) is 2.11. The molecule has 2 aromatic rings. The van der Waals surface area contributed by atoms with E-state index in [0.29, 0.717) is 5.56 Å². The molecule has 0 aliphatic rings. The van der Waals surface area contributed by atoms with Gasteiger partial charge in [-0.05, 0) is 28.1 Å². The summed E-state index contributed by atoms with van der Waals surface area (Å²) < 4.78 is 2.59. The van der Waals surface area contributed by atoms with Crippen molar-refractivity contribution in [1.29, 1.82) is 0 Å². The number of pyridine rings is 1. The van der Waals surface area contributed by atoms with E-state index in [4.69, 9.17) is 0 Å². The lowest BCUT2D eigenvalue weighted by Gasteiger charge is -2.02. The molecule has 0 atom stereocenters. The molecule has 17 heavy (non-hydrogen) atoms. The summed E-state index contributed by atoms with van der Waals surface area (Å²) in [5.41, 5.74) is 1.30. The van der Waals surface area contributed by atoms with E-state index in [1.807, 2.05) is 14.1 Å². The number of hydrogen-bond acceptors (Lipinski definition) is 2. The number of hydrogen-bond donors (Lipinski definition) is 0. The molecule has 1 amide bonds. The maximum absolute atomic E-state index is 11.8. The van der Waals surface area contributed by atoms with Gasteiger partial charge in [0.25, 0.3) is 5.91 Å². The average Bonchev–Trinajstić information content (AvgIpc) is 2.67. The van der Waals surface area contributed by atoms with E-state index in [1.54, 1.807) is 33.8 Å². The van der Waals surface area contributed by atoms with Gasteiger partial charge in [0.2, 0.25) is 0 Å². The smallest absolute Gasteiger partial charge is 0.279 e. The van der Waals surface area contributed by atoms with E-state index in [1.165, 1.54) is 6.34 Å². The number of carbonyl (C=O) groups is 1. The van der Waals surface area contributed by atoms with Crippen molar-refractivity contribution in [2.24, 2.45) is 4.99 Å². The molecule has 0 radical (unpaired) electrons. The van der Waals surface area contributed by atoms with Crippen LogP contribution in [-0.4, -0.2) is 40.6 Å². The fraction of sp³-hybridized carbons (Fsp3) is 0.182. The van der Waals surface area contributed by atoms with Crippen molar-refractivity contribution in [3.05, 3.63) is 34.7 Å². The molecule has 0 bridgehead atoms. The van der Waals surface area contributed by atoms with Crippen LogP contribution >= 0.6 is 15.9 Å². The van der Waals surface area contributed by atoms with Gasteiger partial charge < -0.3 is 4.90 Å². The lowest BCUT2D eigenvalue weighted by Crippen LogP contribution is -2.10. The summed E-state index contributed by atoms with van der Waals surface area (Å²) in [6.45, 7) is 0. The third kappa shape index (κ3) is 2.52. The molecule has 88 valence electrons. The molecule has 0 saturated carbocycles. The minimum Gasteiger partial charge on any atom is -0.369 e. The van der Waals surface area contributed by atoms with Crippen LogP contribution in [0.25, 0.3) is 5.65 Å². The van der Waals surface area contributed by atoms with Gasteiger partial charge in [0.1, 0.15) is 10.3 Å². The molecule has 0 spiro atoms. The second-order valence-electron chi connectivity index (χ2n) is 3.74. The second kappa shape index (κ2) is 4.67. The number of nitrogens with zero attached hydrogens (tertiary/aromatic N) is 4. The Morgan fingerprint density at radius 1 is 1.53 bits per heavy atom. The topological polar surface area (TPSA) is 50.0 Å².